The Balaban J connectivity index is 1.70. The zero-order valence-corrected chi connectivity index (χ0v) is 21.8. The minimum absolute atomic E-state index is 0.152. The normalized spacial score (nSPS) is 12.0. The van der Waals surface area contributed by atoms with Crippen LogP contribution in [0.2, 0.25) is 10.0 Å². The number of carbonyl (C=O) groups is 2. The molecule has 0 saturated heterocycles. The van der Waals surface area contributed by atoms with Crippen LogP contribution in [0.3, 0.4) is 0 Å². The minimum atomic E-state index is -0.362. The Kier molecular flexibility index (Phi) is 8.99. The van der Waals surface area contributed by atoms with E-state index in [-0.39, 0.29) is 23.6 Å². The number of halogens is 2. The lowest BCUT2D eigenvalue weighted by atomic mass is 10.0. The van der Waals surface area contributed by atoms with E-state index in [1.807, 2.05) is 24.6 Å². The number of hydrogen-bond acceptors (Lipinski definition) is 5. The molecule has 2 aromatic carbocycles. The Morgan fingerprint density at radius 1 is 1.12 bits per heavy atom. The molecule has 0 aliphatic carbocycles. The number of benzene rings is 2. The fraction of sp³-hybridized carbons (Fsp3) is 0.333. The van der Waals surface area contributed by atoms with Crippen LogP contribution in [0, 0.1) is 12.8 Å². The molecule has 7 nitrogen and oxygen atoms in total. The zero-order valence-electron chi connectivity index (χ0n) is 19.4. The summed E-state index contributed by atoms with van der Waals surface area (Å²) in [6, 6.07) is 11.9. The standard InChI is InChI=1S/C24H27Cl2N5O2S/c1-14(2)11-20(28-23(33)17-7-5-6-8-18(17)26)22-29-30-24(31(22)4)34-13-21(32)27-19-12-16(25)10-9-15(19)3/h5-10,12,14,20H,11,13H2,1-4H3,(H,27,32)(H,28,33)/t20-/m1/s1. The van der Waals surface area contributed by atoms with Crippen LogP contribution in [0.15, 0.2) is 47.6 Å². The Labute approximate surface area is 213 Å². The minimum Gasteiger partial charge on any atom is -0.342 e. The molecule has 0 fully saturated rings. The number of amides is 2. The molecule has 1 atom stereocenters. The van der Waals surface area contributed by atoms with E-state index in [1.54, 1.807) is 36.4 Å². The van der Waals surface area contributed by atoms with Crippen molar-refractivity contribution in [1.29, 1.82) is 0 Å². The lowest BCUT2D eigenvalue weighted by molar-refractivity contribution is -0.113. The van der Waals surface area contributed by atoms with Crippen molar-refractivity contribution in [3.05, 3.63) is 69.5 Å². The van der Waals surface area contributed by atoms with Gasteiger partial charge >= 0.3 is 0 Å². The summed E-state index contributed by atoms with van der Waals surface area (Å²) in [5.41, 5.74) is 2.01. The number of hydrogen-bond donors (Lipinski definition) is 2. The molecule has 2 N–H and O–H groups in total. The number of anilines is 1. The Morgan fingerprint density at radius 2 is 1.85 bits per heavy atom. The lowest BCUT2D eigenvalue weighted by Crippen LogP contribution is -2.31. The molecular weight excluding hydrogens is 493 g/mol. The van der Waals surface area contributed by atoms with Gasteiger partial charge in [-0.1, -0.05) is 67.0 Å². The highest BCUT2D eigenvalue weighted by Crippen LogP contribution is 2.26. The van der Waals surface area contributed by atoms with E-state index in [0.717, 1.165) is 5.56 Å². The average Bonchev–Trinajstić information content (AvgIpc) is 3.14. The Morgan fingerprint density at radius 3 is 2.56 bits per heavy atom. The molecule has 1 heterocycles. The van der Waals surface area contributed by atoms with E-state index in [0.29, 0.717) is 44.6 Å². The van der Waals surface area contributed by atoms with Crippen molar-refractivity contribution in [2.45, 2.75) is 38.4 Å². The van der Waals surface area contributed by atoms with Gasteiger partial charge in [0.1, 0.15) is 0 Å². The van der Waals surface area contributed by atoms with Crippen molar-refractivity contribution in [3.63, 3.8) is 0 Å². The number of nitrogens with zero attached hydrogens (tertiary/aromatic N) is 3. The van der Waals surface area contributed by atoms with E-state index in [9.17, 15) is 9.59 Å². The highest BCUT2D eigenvalue weighted by Gasteiger charge is 2.24. The van der Waals surface area contributed by atoms with Crippen LogP contribution < -0.4 is 10.6 Å². The lowest BCUT2D eigenvalue weighted by Gasteiger charge is -2.20. The van der Waals surface area contributed by atoms with Crippen LogP contribution in [-0.2, 0) is 11.8 Å². The molecule has 0 unspecified atom stereocenters. The van der Waals surface area contributed by atoms with Crippen molar-refractivity contribution in [3.8, 4) is 0 Å². The molecule has 1 aromatic heterocycles. The van der Waals surface area contributed by atoms with Gasteiger partial charge in [-0.2, -0.15) is 0 Å². The van der Waals surface area contributed by atoms with E-state index in [1.165, 1.54) is 11.8 Å². The molecule has 0 aliphatic heterocycles. The molecule has 0 saturated carbocycles. The van der Waals surface area contributed by atoms with Gasteiger partial charge in [-0.3, -0.25) is 9.59 Å². The summed E-state index contributed by atoms with van der Waals surface area (Å²) < 4.78 is 1.81. The number of aryl methyl sites for hydroxylation is 1. The van der Waals surface area contributed by atoms with E-state index in [4.69, 9.17) is 23.2 Å². The monoisotopic (exact) mass is 519 g/mol. The molecule has 10 heteroatoms. The maximum atomic E-state index is 12.9. The van der Waals surface area contributed by atoms with Crippen molar-refractivity contribution in [2.24, 2.45) is 13.0 Å². The smallest absolute Gasteiger partial charge is 0.253 e. The third-order valence-electron chi connectivity index (χ3n) is 5.12. The van der Waals surface area contributed by atoms with Crippen LogP contribution in [0.1, 0.15) is 48.1 Å². The number of carbonyl (C=O) groups excluding carboxylic acids is 2. The third kappa shape index (κ3) is 6.74. The van der Waals surface area contributed by atoms with Crippen molar-refractivity contribution in [2.75, 3.05) is 11.1 Å². The SMILES string of the molecule is Cc1ccc(Cl)cc1NC(=O)CSc1nnc([C@@H](CC(C)C)NC(=O)c2ccccc2Cl)n1C. The van der Waals surface area contributed by atoms with Gasteiger partial charge in [0.15, 0.2) is 11.0 Å². The van der Waals surface area contributed by atoms with Crippen molar-refractivity contribution in [1.82, 2.24) is 20.1 Å². The maximum absolute atomic E-state index is 12.9. The first-order valence-electron chi connectivity index (χ1n) is 10.8. The van der Waals surface area contributed by atoms with Gasteiger partial charge in [-0.15, -0.1) is 10.2 Å². The second kappa shape index (κ2) is 11.7. The van der Waals surface area contributed by atoms with Gasteiger partial charge in [0.05, 0.1) is 22.4 Å². The molecule has 34 heavy (non-hydrogen) atoms. The van der Waals surface area contributed by atoms with Crippen LogP contribution in [0.25, 0.3) is 0 Å². The first-order valence-corrected chi connectivity index (χ1v) is 12.5. The second-order valence-electron chi connectivity index (χ2n) is 8.33. The molecule has 0 bridgehead atoms. The molecule has 180 valence electrons. The second-order valence-corrected chi connectivity index (χ2v) is 10.1. The average molecular weight is 520 g/mol. The van der Waals surface area contributed by atoms with Crippen LogP contribution in [0.4, 0.5) is 5.69 Å². The van der Waals surface area contributed by atoms with Gasteiger partial charge < -0.3 is 15.2 Å². The zero-order chi connectivity index (χ0) is 24.8. The summed E-state index contributed by atoms with van der Waals surface area (Å²) in [5, 5.41) is 16.0. The molecule has 0 aliphatic rings. The summed E-state index contributed by atoms with van der Waals surface area (Å²) in [6.45, 7) is 6.05. The number of nitrogens with one attached hydrogen (secondary N) is 2. The van der Waals surface area contributed by atoms with Crippen LogP contribution >= 0.6 is 35.0 Å². The molecule has 3 aromatic rings. The number of thioether (sulfide) groups is 1. The van der Waals surface area contributed by atoms with Crippen LogP contribution in [-0.4, -0.2) is 32.3 Å². The summed E-state index contributed by atoms with van der Waals surface area (Å²) in [6.07, 6.45) is 0.668. The summed E-state index contributed by atoms with van der Waals surface area (Å²) in [7, 11) is 1.83. The van der Waals surface area contributed by atoms with Gasteiger partial charge in [0, 0.05) is 17.8 Å². The molecule has 3 rings (SSSR count). The van der Waals surface area contributed by atoms with E-state index >= 15 is 0 Å². The molecule has 0 radical (unpaired) electrons. The summed E-state index contributed by atoms with van der Waals surface area (Å²) >= 11 is 13.5. The van der Waals surface area contributed by atoms with E-state index in [2.05, 4.69) is 34.7 Å². The Hall–Kier alpha value is -2.55. The van der Waals surface area contributed by atoms with Crippen molar-refractivity contribution >= 4 is 52.5 Å². The molecular formula is C24H27Cl2N5O2S. The Bertz CT molecular complexity index is 1180. The quantitative estimate of drug-likeness (QED) is 0.355. The first-order chi connectivity index (χ1) is 16.2. The fourth-order valence-electron chi connectivity index (χ4n) is 3.38. The van der Waals surface area contributed by atoms with Crippen LogP contribution in [0.5, 0.6) is 0 Å². The maximum Gasteiger partial charge on any atom is 0.253 e. The first kappa shape index (κ1) is 26.1. The fourth-order valence-corrected chi connectivity index (χ4v) is 4.49. The largest absolute Gasteiger partial charge is 0.342 e. The third-order valence-corrected chi connectivity index (χ3v) is 6.70. The number of rotatable bonds is 9. The van der Waals surface area contributed by atoms with Gasteiger partial charge in [0.25, 0.3) is 5.91 Å². The molecule has 0 spiro atoms. The highest BCUT2D eigenvalue weighted by molar-refractivity contribution is 7.99. The predicted molar refractivity (Wildman–Crippen MR) is 138 cm³/mol. The predicted octanol–water partition coefficient (Wildman–Crippen LogP) is 5.68. The summed E-state index contributed by atoms with van der Waals surface area (Å²) in [4.78, 5) is 25.3. The summed E-state index contributed by atoms with van der Waals surface area (Å²) in [5.74, 6) is 0.618. The van der Waals surface area contributed by atoms with Gasteiger partial charge in [-0.05, 0) is 49.1 Å². The highest BCUT2D eigenvalue weighted by atomic mass is 35.5. The van der Waals surface area contributed by atoms with E-state index < -0.39 is 0 Å². The number of aromatic nitrogens is 3. The van der Waals surface area contributed by atoms with Gasteiger partial charge in [-0.25, -0.2) is 0 Å². The van der Waals surface area contributed by atoms with Crippen molar-refractivity contribution < 1.29 is 9.59 Å². The molecule has 2 amide bonds. The topological polar surface area (TPSA) is 88.9 Å². The van der Waals surface area contributed by atoms with Gasteiger partial charge in [0.2, 0.25) is 5.91 Å².